The summed E-state index contributed by atoms with van der Waals surface area (Å²) < 4.78 is 4.79. The zero-order valence-electron chi connectivity index (χ0n) is 10.3. The standard InChI is InChI=1S/C11H18Cl2N2O2/c1-4-17-11(16)14-15(7-5-9(2)12)8-6-10(3)13/h5-6H,4,7-8H2,1-3H3,(H,14,16). The van der Waals surface area contributed by atoms with Gasteiger partial charge in [-0.05, 0) is 20.8 Å². The van der Waals surface area contributed by atoms with Gasteiger partial charge in [-0.25, -0.2) is 9.80 Å². The number of carbonyl (C=O) groups excluding carboxylic acids is 1. The summed E-state index contributed by atoms with van der Waals surface area (Å²) in [5.74, 6) is 0. The minimum absolute atomic E-state index is 0.328. The number of hydrazine groups is 1. The maximum Gasteiger partial charge on any atom is 0.421 e. The Morgan fingerprint density at radius 1 is 1.24 bits per heavy atom. The predicted molar refractivity (Wildman–Crippen MR) is 71.0 cm³/mol. The molecule has 0 aromatic carbocycles. The van der Waals surface area contributed by atoms with Crippen molar-refractivity contribution in [1.82, 2.24) is 10.4 Å². The van der Waals surface area contributed by atoms with E-state index in [2.05, 4.69) is 5.43 Å². The molecule has 0 aliphatic heterocycles. The molecule has 0 bridgehead atoms. The third kappa shape index (κ3) is 10.2. The molecule has 1 amide bonds. The average Bonchev–Trinajstić information content (AvgIpc) is 2.22. The van der Waals surface area contributed by atoms with Crippen molar-refractivity contribution >= 4 is 29.3 Å². The van der Waals surface area contributed by atoms with Gasteiger partial charge >= 0.3 is 6.09 Å². The molecule has 4 nitrogen and oxygen atoms in total. The van der Waals surface area contributed by atoms with Crippen LogP contribution in [0.5, 0.6) is 0 Å². The third-order valence-electron chi connectivity index (χ3n) is 1.71. The molecule has 98 valence electrons. The van der Waals surface area contributed by atoms with E-state index in [0.29, 0.717) is 29.8 Å². The van der Waals surface area contributed by atoms with Gasteiger partial charge in [-0.15, -0.1) is 0 Å². The second-order valence-corrected chi connectivity index (χ2v) is 4.51. The number of nitrogens with one attached hydrogen (secondary N) is 1. The number of carbonyl (C=O) groups is 1. The Balaban J connectivity index is 4.34. The van der Waals surface area contributed by atoms with Gasteiger partial charge in [0.05, 0.1) is 6.61 Å². The largest absolute Gasteiger partial charge is 0.449 e. The zero-order valence-corrected chi connectivity index (χ0v) is 11.8. The highest BCUT2D eigenvalue weighted by atomic mass is 35.5. The van der Waals surface area contributed by atoms with E-state index in [1.54, 1.807) is 37.9 Å². The van der Waals surface area contributed by atoms with E-state index in [4.69, 9.17) is 27.9 Å². The number of nitrogens with zero attached hydrogens (tertiary/aromatic N) is 1. The minimum atomic E-state index is -0.492. The Hall–Kier alpha value is -0.710. The first-order chi connectivity index (χ1) is 7.95. The molecule has 0 saturated heterocycles. The van der Waals surface area contributed by atoms with E-state index in [1.165, 1.54) is 0 Å². The van der Waals surface area contributed by atoms with Gasteiger partial charge in [-0.2, -0.15) is 0 Å². The van der Waals surface area contributed by atoms with Crippen LogP contribution in [-0.2, 0) is 4.74 Å². The summed E-state index contributed by atoms with van der Waals surface area (Å²) in [6.07, 6.45) is 3.07. The number of ether oxygens (including phenoxy) is 1. The smallest absolute Gasteiger partial charge is 0.421 e. The minimum Gasteiger partial charge on any atom is -0.449 e. The molecular weight excluding hydrogens is 263 g/mol. The van der Waals surface area contributed by atoms with Gasteiger partial charge in [0, 0.05) is 23.2 Å². The third-order valence-corrected chi connectivity index (χ3v) is 2.02. The molecule has 1 N–H and O–H groups in total. The fraction of sp³-hybridized carbons (Fsp3) is 0.545. The SMILES string of the molecule is CCOC(=O)NN(CC=C(C)Cl)CC=C(C)Cl. The number of rotatable bonds is 6. The van der Waals surface area contributed by atoms with Crippen LogP contribution in [0, 0.1) is 0 Å². The predicted octanol–water partition coefficient (Wildman–Crippen LogP) is 3.23. The Morgan fingerprint density at radius 3 is 2.06 bits per heavy atom. The first-order valence-electron chi connectivity index (χ1n) is 5.28. The van der Waals surface area contributed by atoms with Crippen molar-refractivity contribution in [3.63, 3.8) is 0 Å². The summed E-state index contributed by atoms with van der Waals surface area (Å²) >= 11 is 11.5. The number of amides is 1. The molecule has 0 saturated carbocycles. The van der Waals surface area contributed by atoms with Gasteiger partial charge in [0.2, 0.25) is 0 Å². The second-order valence-electron chi connectivity index (χ2n) is 3.32. The van der Waals surface area contributed by atoms with E-state index in [0.717, 1.165) is 0 Å². The lowest BCUT2D eigenvalue weighted by Crippen LogP contribution is -2.42. The van der Waals surface area contributed by atoms with Crippen molar-refractivity contribution in [2.45, 2.75) is 20.8 Å². The van der Waals surface area contributed by atoms with Crippen LogP contribution in [0.4, 0.5) is 4.79 Å². The molecule has 0 aromatic heterocycles. The van der Waals surface area contributed by atoms with Crippen molar-refractivity contribution in [2.75, 3.05) is 19.7 Å². The molecule has 6 heteroatoms. The van der Waals surface area contributed by atoms with Crippen LogP contribution in [-0.4, -0.2) is 30.8 Å². The summed E-state index contributed by atoms with van der Waals surface area (Å²) in [7, 11) is 0. The quantitative estimate of drug-likeness (QED) is 0.760. The highest BCUT2D eigenvalue weighted by Crippen LogP contribution is 2.01. The molecule has 0 aliphatic rings. The van der Waals surface area contributed by atoms with Crippen LogP contribution in [0.1, 0.15) is 20.8 Å². The van der Waals surface area contributed by atoms with Gasteiger partial charge in [-0.3, -0.25) is 5.43 Å². The molecule has 0 aromatic rings. The van der Waals surface area contributed by atoms with Crippen LogP contribution >= 0.6 is 23.2 Å². The number of hydrogen-bond acceptors (Lipinski definition) is 3. The molecule has 0 rings (SSSR count). The highest BCUT2D eigenvalue weighted by Gasteiger charge is 2.07. The fourth-order valence-electron chi connectivity index (χ4n) is 0.930. The topological polar surface area (TPSA) is 41.6 Å². The van der Waals surface area contributed by atoms with Crippen LogP contribution < -0.4 is 5.43 Å². The molecular formula is C11H18Cl2N2O2. The molecule has 17 heavy (non-hydrogen) atoms. The molecule has 0 unspecified atom stereocenters. The van der Waals surface area contributed by atoms with E-state index in [-0.39, 0.29) is 0 Å². The van der Waals surface area contributed by atoms with Gasteiger partial charge in [0.15, 0.2) is 0 Å². The number of halogens is 2. The van der Waals surface area contributed by atoms with Crippen molar-refractivity contribution in [2.24, 2.45) is 0 Å². The molecule has 0 spiro atoms. The second kappa shape index (κ2) is 9.33. The molecule has 0 fully saturated rings. The maximum absolute atomic E-state index is 11.3. The van der Waals surface area contributed by atoms with Gasteiger partial charge in [-0.1, -0.05) is 35.4 Å². The number of hydrogen-bond donors (Lipinski definition) is 1. The van der Waals surface area contributed by atoms with E-state index >= 15 is 0 Å². The Labute approximate surface area is 112 Å². The highest BCUT2D eigenvalue weighted by molar-refractivity contribution is 6.29. The summed E-state index contributed by atoms with van der Waals surface area (Å²) in [5, 5.41) is 2.97. The molecule has 0 atom stereocenters. The average molecular weight is 281 g/mol. The van der Waals surface area contributed by atoms with Gasteiger partial charge in [0.1, 0.15) is 0 Å². The van der Waals surface area contributed by atoms with E-state index < -0.39 is 6.09 Å². The Kier molecular flexibility index (Phi) is 8.94. The summed E-state index contributed by atoms with van der Waals surface area (Å²) in [4.78, 5) is 11.3. The lowest BCUT2D eigenvalue weighted by molar-refractivity contribution is 0.118. The van der Waals surface area contributed by atoms with Crippen LogP contribution in [0.15, 0.2) is 22.2 Å². The number of allylic oxidation sites excluding steroid dienone is 2. The summed E-state index contributed by atoms with van der Waals surface area (Å²) in [6.45, 7) is 6.58. The monoisotopic (exact) mass is 280 g/mol. The van der Waals surface area contributed by atoms with Crippen molar-refractivity contribution in [3.8, 4) is 0 Å². The summed E-state index contributed by atoms with van der Waals surface area (Å²) in [5.41, 5.74) is 2.59. The lowest BCUT2D eigenvalue weighted by Gasteiger charge is -2.19. The molecule has 0 radical (unpaired) electrons. The van der Waals surface area contributed by atoms with Crippen LogP contribution in [0.2, 0.25) is 0 Å². The van der Waals surface area contributed by atoms with Crippen molar-refractivity contribution in [1.29, 1.82) is 0 Å². The Bertz CT molecular complexity index is 276. The van der Waals surface area contributed by atoms with Crippen molar-refractivity contribution in [3.05, 3.63) is 22.2 Å². The van der Waals surface area contributed by atoms with Crippen LogP contribution in [0.3, 0.4) is 0 Å². The normalized spacial score (nSPS) is 12.8. The summed E-state index contributed by atoms with van der Waals surface area (Å²) in [6, 6.07) is 0. The maximum atomic E-state index is 11.3. The van der Waals surface area contributed by atoms with Gasteiger partial charge in [0.25, 0.3) is 0 Å². The fourth-order valence-corrected chi connectivity index (χ4v) is 1.07. The Morgan fingerprint density at radius 2 is 1.71 bits per heavy atom. The molecule has 0 aliphatic carbocycles. The van der Waals surface area contributed by atoms with Crippen LogP contribution in [0.25, 0.3) is 0 Å². The zero-order chi connectivity index (χ0) is 13.3. The van der Waals surface area contributed by atoms with E-state index in [9.17, 15) is 4.79 Å². The first kappa shape index (κ1) is 16.3. The lowest BCUT2D eigenvalue weighted by atomic mass is 10.4. The first-order valence-corrected chi connectivity index (χ1v) is 6.04. The van der Waals surface area contributed by atoms with Gasteiger partial charge < -0.3 is 4.74 Å². The van der Waals surface area contributed by atoms with E-state index in [1.807, 2.05) is 0 Å². The molecule has 0 heterocycles. The van der Waals surface area contributed by atoms with Crippen molar-refractivity contribution < 1.29 is 9.53 Å².